The van der Waals surface area contributed by atoms with Crippen molar-refractivity contribution in [1.82, 2.24) is 0 Å². The van der Waals surface area contributed by atoms with E-state index < -0.39 is 0 Å². The fraction of sp³-hybridized carbons (Fsp3) is 0.111. The second kappa shape index (κ2) is 6.19. The third kappa shape index (κ3) is 4.27. The van der Waals surface area contributed by atoms with Gasteiger partial charge in [0.1, 0.15) is 6.61 Å². The van der Waals surface area contributed by atoms with Gasteiger partial charge in [0.15, 0.2) is 5.75 Å². The maximum atomic E-state index is 4.67. The molecule has 1 rings (SSSR count). The first-order valence-electron chi connectivity index (χ1n) is 3.72. The molecular formula is C9H10O4. The van der Waals surface area contributed by atoms with E-state index in [0.717, 1.165) is 0 Å². The summed E-state index contributed by atoms with van der Waals surface area (Å²) in [6.45, 7) is 3.65. The Labute approximate surface area is 76.1 Å². The predicted octanol–water partition coefficient (Wildman–Crippen LogP) is 2.05. The van der Waals surface area contributed by atoms with Gasteiger partial charge in [-0.15, -0.1) is 6.58 Å². The minimum absolute atomic E-state index is 0.234. The first-order valence-corrected chi connectivity index (χ1v) is 3.72. The largest absolute Gasteiger partial charge is 0.306 e. The van der Waals surface area contributed by atoms with E-state index >= 15 is 0 Å². The Bertz CT molecular complexity index is 235. The molecule has 0 N–H and O–H groups in total. The molecule has 0 atom stereocenters. The lowest BCUT2D eigenvalue weighted by molar-refractivity contribution is -0.604. The Balaban J connectivity index is 2.10. The molecule has 0 fully saturated rings. The van der Waals surface area contributed by atoms with Crippen LogP contribution in [0.5, 0.6) is 5.75 Å². The molecule has 0 saturated heterocycles. The molecule has 0 amide bonds. The van der Waals surface area contributed by atoms with E-state index in [1.165, 1.54) is 6.08 Å². The van der Waals surface area contributed by atoms with Crippen LogP contribution in [0, 0.1) is 0 Å². The zero-order chi connectivity index (χ0) is 9.36. The standard InChI is InChI=1S/C9H10O4/c1-2-8-10-12-13-11-9-6-4-3-5-7-9/h2-7H,1,8H2. The van der Waals surface area contributed by atoms with Crippen molar-refractivity contribution in [2.24, 2.45) is 0 Å². The van der Waals surface area contributed by atoms with Crippen molar-refractivity contribution in [3.63, 3.8) is 0 Å². The maximum absolute atomic E-state index is 4.67. The van der Waals surface area contributed by atoms with Gasteiger partial charge in [0.25, 0.3) is 0 Å². The summed E-state index contributed by atoms with van der Waals surface area (Å²) in [5.74, 6) is 0.532. The molecule has 0 radical (unpaired) electrons. The van der Waals surface area contributed by atoms with Gasteiger partial charge >= 0.3 is 0 Å². The molecule has 0 spiro atoms. The number of rotatable bonds is 6. The van der Waals surface area contributed by atoms with Gasteiger partial charge in [0, 0.05) is 5.04 Å². The SMILES string of the molecule is C=CCOOOOc1ccccc1. The zero-order valence-electron chi connectivity index (χ0n) is 7.01. The molecule has 1 aromatic carbocycles. The maximum Gasteiger partial charge on any atom is 0.168 e. The van der Waals surface area contributed by atoms with Crippen molar-refractivity contribution >= 4 is 0 Å². The van der Waals surface area contributed by atoms with Crippen molar-refractivity contribution in [1.29, 1.82) is 0 Å². The first-order chi connectivity index (χ1) is 6.43. The van der Waals surface area contributed by atoms with Crippen LogP contribution in [0.25, 0.3) is 0 Å². The predicted molar refractivity (Wildman–Crippen MR) is 45.4 cm³/mol. The van der Waals surface area contributed by atoms with E-state index in [4.69, 9.17) is 0 Å². The molecule has 0 aliphatic rings. The number of hydrogen-bond acceptors (Lipinski definition) is 4. The smallest absolute Gasteiger partial charge is 0.168 e. The first kappa shape index (κ1) is 9.73. The molecule has 4 heteroatoms. The Morgan fingerprint density at radius 3 is 2.62 bits per heavy atom. The topological polar surface area (TPSA) is 36.9 Å². The van der Waals surface area contributed by atoms with Gasteiger partial charge in [-0.25, -0.2) is 0 Å². The lowest BCUT2D eigenvalue weighted by Gasteiger charge is -2.00. The van der Waals surface area contributed by atoms with Crippen LogP contribution < -0.4 is 4.89 Å². The average Bonchev–Trinajstić information content (AvgIpc) is 2.19. The van der Waals surface area contributed by atoms with Crippen LogP contribution in [-0.2, 0) is 15.0 Å². The van der Waals surface area contributed by atoms with Gasteiger partial charge < -0.3 is 4.89 Å². The van der Waals surface area contributed by atoms with Gasteiger partial charge in [-0.2, -0.15) is 4.89 Å². The summed E-state index contributed by atoms with van der Waals surface area (Å²) >= 11 is 0. The van der Waals surface area contributed by atoms with Crippen LogP contribution in [0.2, 0.25) is 0 Å². The van der Waals surface area contributed by atoms with Crippen molar-refractivity contribution in [3.8, 4) is 5.75 Å². The molecule has 1 aromatic rings. The van der Waals surface area contributed by atoms with Crippen molar-refractivity contribution < 1.29 is 19.9 Å². The van der Waals surface area contributed by atoms with Crippen LogP contribution in [0.3, 0.4) is 0 Å². The summed E-state index contributed by atoms with van der Waals surface area (Å²) in [6, 6.07) is 8.92. The highest BCUT2D eigenvalue weighted by molar-refractivity contribution is 5.19. The molecular weight excluding hydrogens is 172 g/mol. The van der Waals surface area contributed by atoms with Crippen molar-refractivity contribution in [2.45, 2.75) is 0 Å². The van der Waals surface area contributed by atoms with Crippen LogP contribution in [-0.4, -0.2) is 6.61 Å². The minimum atomic E-state index is 0.234. The summed E-state index contributed by atoms with van der Waals surface area (Å²) in [5.41, 5.74) is 0. The van der Waals surface area contributed by atoms with E-state index in [9.17, 15) is 0 Å². The normalized spacial score (nSPS) is 9.54. The van der Waals surface area contributed by atoms with E-state index in [0.29, 0.717) is 5.75 Å². The lowest BCUT2D eigenvalue weighted by Crippen LogP contribution is -2.00. The summed E-state index contributed by atoms with van der Waals surface area (Å²) in [5, 5.41) is 8.44. The van der Waals surface area contributed by atoms with Crippen molar-refractivity contribution in [3.05, 3.63) is 43.0 Å². The molecule has 0 saturated carbocycles. The number of benzene rings is 1. The molecule has 0 bridgehead atoms. The van der Waals surface area contributed by atoms with Crippen LogP contribution in [0.15, 0.2) is 43.0 Å². The van der Waals surface area contributed by atoms with Crippen LogP contribution in [0.4, 0.5) is 0 Å². The highest BCUT2D eigenvalue weighted by Crippen LogP contribution is 2.08. The van der Waals surface area contributed by atoms with E-state index in [1.807, 2.05) is 18.2 Å². The monoisotopic (exact) mass is 182 g/mol. The van der Waals surface area contributed by atoms with Gasteiger partial charge in [-0.1, -0.05) is 24.3 Å². The second-order valence-electron chi connectivity index (χ2n) is 2.11. The van der Waals surface area contributed by atoms with Gasteiger partial charge in [0.05, 0.1) is 0 Å². The molecule has 13 heavy (non-hydrogen) atoms. The molecule has 0 unspecified atom stereocenters. The van der Waals surface area contributed by atoms with Crippen LogP contribution >= 0.6 is 0 Å². The molecule has 0 aliphatic carbocycles. The second-order valence-corrected chi connectivity index (χ2v) is 2.11. The van der Waals surface area contributed by atoms with Gasteiger partial charge in [-0.3, -0.25) is 0 Å². The van der Waals surface area contributed by atoms with E-state index in [1.54, 1.807) is 12.1 Å². The lowest BCUT2D eigenvalue weighted by atomic mass is 10.3. The van der Waals surface area contributed by atoms with Gasteiger partial charge in [0.2, 0.25) is 0 Å². The molecule has 0 aliphatic heterocycles. The molecule has 0 aromatic heterocycles. The quantitative estimate of drug-likeness (QED) is 0.292. The summed E-state index contributed by atoms with van der Waals surface area (Å²) in [4.78, 5) is 9.11. The zero-order valence-corrected chi connectivity index (χ0v) is 7.01. The Kier molecular flexibility index (Phi) is 4.63. The summed E-state index contributed by atoms with van der Waals surface area (Å²) < 4.78 is 0. The minimum Gasteiger partial charge on any atom is -0.306 e. The summed E-state index contributed by atoms with van der Waals surface area (Å²) in [6.07, 6.45) is 1.52. The summed E-state index contributed by atoms with van der Waals surface area (Å²) in [7, 11) is 0. The highest BCUT2D eigenvalue weighted by atomic mass is 17.7. The third-order valence-corrected chi connectivity index (χ3v) is 1.14. The van der Waals surface area contributed by atoms with Crippen molar-refractivity contribution in [2.75, 3.05) is 6.61 Å². The van der Waals surface area contributed by atoms with E-state index in [-0.39, 0.29) is 6.61 Å². The van der Waals surface area contributed by atoms with E-state index in [2.05, 4.69) is 26.4 Å². The van der Waals surface area contributed by atoms with Crippen LogP contribution in [0.1, 0.15) is 0 Å². The van der Waals surface area contributed by atoms with Gasteiger partial charge in [-0.05, 0) is 17.2 Å². The molecule has 0 heterocycles. The fourth-order valence-corrected chi connectivity index (χ4v) is 0.625. The number of para-hydroxylation sites is 1. The Morgan fingerprint density at radius 2 is 1.92 bits per heavy atom. The number of hydrogen-bond donors (Lipinski definition) is 0. The molecule has 70 valence electrons. The molecule has 4 nitrogen and oxygen atoms in total. The average molecular weight is 182 g/mol. The Morgan fingerprint density at radius 1 is 1.15 bits per heavy atom. The highest BCUT2D eigenvalue weighted by Gasteiger charge is 1.92. The fourth-order valence-electron chi connectivity index (χ4n) is 0.625. The third-order valence-electron chi connectivity index (χ3n) is 1.14. The Hall–Kier alpha value is -1.36.